The van der Waals surface area contributed by atoms with Crippen LogP contribution in [-0.4, -0.2) is 13.1 Å². The third-order valence-corrected chi connectivity index (χ3v) is 1.51. The van der Waals surface area contributed by atoms with E-state index >= 15 is 0 Å². The van der Waals surface area contributed by atoms with Gasteiger partial charge in [-0.05, 0) is 12.0 Å². The Bertz CT molecular complexity index is 265. The molecule has 0 aromatic heterocycles. The van der Waals surface area contributed by atoms with Crippen LogP contribution in [0.4, 0.5) is 0 Å². The quantitative estimate of drug-likeness (QED) is 0.532. The van der Waals surface area contributed by atoms with E-state index in [-0.39, 0.29) is 5.97 Å². The molecule has 0 amide bonds. The maximum atomic E-state index is 9.59. The molecule has 0 heterocycles. The molecule has 0 atom stereocenters. The number of hydrogen-bond donors (Lipinski definition) is 0. The maximum absolute atomic E-state index is 9.59. The van der Waals surface area contributed by atoms with Crippen molar-refractivity contribution in [2.45, 2.75) is 13.3 Å². The van der Waals surface area contributed by atoms with E-state index in [1.54, 1.807) is 0 Å². The predicted molar refractivity (Wildman–Crippen MR) is 58.0 cm³/mol. The van der Waals surface area contributed by atoms with Crippen LogP contribution in [0.25, 0.3) is 0 Å². The summed E-state index contributed by atoms with van der Waals surface area (Å²) in [5.74, 6) is -0.245. The molecule has 0 bridgehead atoms. The molecule has 76 valence electrons. The van der Waals surface area contributed by atoms with E-state index in [9.17, 15) is 4.79 Å². The Hall–Kier alpha value is -1.57. The number of benzene rings is 1. The molecule has 0 radical (unpaired) electrons. The summed E-state index contributed by atoms with van der Waals surface area (Å²) in [7, 11) is 1.35. The lowest BCUT2D eigenvalue weighted by atomic mass is 10.2. The van der Waals surface area contributed by atoms with E-state index in [2.05, 4.69) is 23.4 Å². The summed E-state index contributed by atoms with van der Waals surface area (Å²) < 4.78 is 4.11. The molecule has 2 nitrogen and oxygen atoms in total. The number of rotatable bonds is 2. The number of hydrogen-bond acceptors (Lipinski definition) is 2. The van der Waals surface area contributed by atoms with Crippen LogP contribution in [-0.2, 0) is 16.0 Å². The Morgan fingerprint density at radius 2 is 1.93 bits per heavy atom. The third-order valence-electron chi connectivity index (χ3n) is 1.51. The van der Waals surface area contributed by atoms with Crippen molar-refractivity contribution < 1.29 is 9.53 Å². The molecule has 0 saturated carbocycles. The molecule has 0 unspecified atom stereocenters. The van der Waals surface area contributed by atoms with Crippen LogP contribution >= 0.6 is 0 Å². The molecular weight excluding hydrogens is 176 g/mol. The first kappa shape index (κ1) is 12.4. The minimum Gasteiger partial charge on any atom is -0.469 e. The first-order chi connectivity index (χ1) is 6.70. The van der Waals surface area contributed by atoms with Gasteiger partial charge in [-0.15, -0.1) is 6.58 Å². The lowest BCUT2D eigenvalue weighted by Crippen LogP contribution is -1.88. The van der Waals surface area contributed by atoms with Crippen molar-refractivity contribution in [2.75, 3.05) is 7.11 Å². The zero-order chi connectivity index (χ0) is 10.8. The van der Waals surface area contributed by atoms with Gasteiger partial charge in [0.15, 0.2) is 0 Å². The fourth-order valence-corrected chi connectivity index (χ4v) is 0.781. The molecular formula is C12H16O2. The highest BCUT2D eigenvalue weighted by molar-refractivity contribution is 5.65. The summed E-state index contributed by atoms with van der Waals surface area (Å²) in [5.41, 5.74) is 1.33. The minimum absolute atomic E-state index is 0.245. The standard InChI is InChI=1S/C9H10.C3H6O2/c1-2-6-9-7-4-3-5-8-9;1-3(4)5-2/h2-5,7-8H,1,6H2;1-2H3. The van der Waals surface area contributed by atoms with Crippen molar-refractivity contribution in [1.82, 2.24) is 0 Å². The zero-order valence-corrected chi connectivity index (χ0v) is 8.69. The van der Waals surface area contributed by atoms with E-state index in [4.69, 9.17) is 0 Å². The number of ether oxygens (including phenoxy) is 1. The molecule has 0 aliphatic carbocycles. The van der Waals surface area contributed by atoms with Gasteiger partial charge in [0, 0.05) is 6.92 Å². The Morgan fingerprint density at radius 3 is 2.29 bits per heavy atom. The highest BCUT2D eigenvalue weighted by Crippen LogP contribution is 1.98. The normalized spacial score (nSPS) is 8.14. The van der Waals surface area contributed by atoms with E-state index in [0.29, 0.717) is 0 Å². The van der Waals surface area contributed by atoms with Crippen molar-refractivity contribution in [3.05, 3.63) is 48.6 Å². The number of methoxy groups -OCH3 is 1. The van der Waals surface area contributed by atoms with Crippen LogP contribution in [0.15, 0.2) is 43.0 Å². The second kappa shape index (κ2) is 8.05. The summed E-state index contributed by atoms with van der Waals surface area (Å²) in [6, 6.07) is 10.3. The minimum atomic E-state index is -0.245. The van der Waals surface area contributed by atoms with Gasteiger partial charge in [0.1, 0.15) is 0 Å². The summed E-state index contributed by atoms with van der Waals surface area (Å²) >= 11 is 0. The Labute approximate surface area is 85.2 Å². The molecule has 1 rings (SSSR count). The van der Waals surface area contributed by atoms with Crippen molar-refractivity contribution in [2.24, 2.45) is 0 Å². The Morgan fingerprint density at radius 1 is 1.43 bits per heavy atom. The van der Waals surface area contributed by atoms with Crippen LogP contribution in [0.2, 0.25) is 0 Å². The van der Waals surface area contributed by atoms with Gasteiger partial charge in [0.25, 0.3) is 0 Å². The van der Waals surface area contributed by atoms with Crippen LogP contribution in [0.3, 0.4) is 0 Å². The average molecular weight is 192 g/mol. The highest BCUT2D eigenvalue weighted by atomic mass is 16.5. The van der Waals surface area contributed by atoms with E-state index in [0.717, 1.165) is 6.42 Å². The fourth-order valence-electron chi connectivity index (χ4n) is 0.781. The molecule has 0 saturated heterocycles. The average Bonchev–Trinajstić information content (AvgIpc) is 2.21. The van der Waals surface area contributed by atoms with E-state index in [1.807, 2.05) is 24.3 Å². The van der Waals surface area contributed by atoms with Crippen molar-refractivity contribution in [3.63, 3.8) is 0 Å². The second-order valence-electron chi connectivity index (χ2n) is 2.67. The third kappa shape index (κ3) is 7.10. The summed E-state index contributed by atoms with van der Waals surface area (Å²) in [5, 5.41) is 0. The Kier molecular flexibility index (Phi) is 7.15. The maximum Gasteiger partial charge on any atom is 0.302 e. The number of carbonyl (C=O) groups is 1. The summed E-state index contributed by atoms with van der Waals surface area (Å²) in [4.78, 5) is 9.59. The predicted octanol–water partition coefficient (Wildman–Crippen LogP) is 2.59. The highest BCUT2D eigenvalue weighted by Gasteiger charge is 1.82. The van der Waals surface area contributed by atoms with Gasteiger partial charge in [0.2, 0.25) is 0 Å². The number of allylic oxidation sites excluding steroid dienone is 1. The van der Waals surface area contributed by atoms with Crippen LogP contribution in [0.1, 0.15) is 12.5 Å². The molecule has 0 N–H and O–H groups in total. The largest absolute Gasteiger partial charge is 0.469 e. The number of carbonyl (C=O) groups excluding carboxylic acids is 1. The molecule has 0 aliphatic rings. The first-order valence-electron chi connectivity index (χ1n) is 4.40. The van der Waals surface area contributed by atoms with Gasteiger partial charge in [-0.25, -0.2) is 0 Å². The first-order valence-corrected chi connectivity index (χ1v) is 4.40. The Balaban J connectivity index is 0.000000292. The van der Waals surface area contributed by atoms with Gasteiger partial charge in [0.05, 0.1) is 7.11 Å². The van der Waals surface area contributed by atoms with Crippen molar-refractivity contribution in [3.8, 4) is 0 Å². The summed E-state index contributed by atoms with van der Waals surface area (Å²) in [6.45, 7) is 5.02. The molecule has 14 heavy (non-hydrogen) atoms. The zero-order valence-electron chi connectivity index (χ0n) is 8.69. The van der Waals surface area contributed by atoms with Gasteiger partial charge in [-0.1, -0.05) is 36.4 Å². The topological polar surface area (TPSA) is 26.3 Å². The summed E-state index contributed by atoms with van der Waals surface area (Å²) in [6.07, 6.45) is 2.89. The van der Waals surface area contributed by atoms with Gasteiger partial charge >= 0.3 is 5.97 Å². The monoisotopic (exact) mass is 192 g/mol. The van der Waals surface area contributed by atoms with Gasteiger partial charge in [-0.2, -0.15) is 0 Å². The van der Waals surface area contributed by atoms with Crippen LogP contribution in [0, 0.1) is 0 Å². The SMILES string of the molecule is C=CCc1ccccc1.COC(C)=O. The van der Waals surface area contributed by atoms with Gasteiger partial charge in [-0.3, -0.25) is 4.79 Å². The molecule has 0 fully saturated rings. The van der Waals surface area contributed by atoms with E-state index < -0.39 is 0 Å². The smallest absolute Gasteiger partial charge is 0.302 e. The van der Waals surface area contributed by atoms with Gasteiger partial charge < -0.3 is 4.74 Å². The van der Waals surface area contributed by atoms with Crippen LogP contribution < -0.4 is 0 Å². The molecule has 2 heteroatoms. The lowest BCUT2D eigenvalue weighted by molar-refractivity contribution is -0.137. The molecule has 1 aromatic carbocycles. The second-order valence-corrected chi connectivity index (χ2v) is 2.67. The number of esters is 1. The van der Waals surface area contributed by atoms with Crippen LogP contribution in [0.5, 0.6) is 0 Å². The van der Waals surface area contributed by atoms with Crippen molar-refractivity contribution in [1.29, 1.82) is 0 Å². The lowest BCUT2D eigenvalue weighted by Gasteiger charge is -1.91. The van der Waals surface area contributed by atoms with Crippen molar-refractivity contribution >= 4 is 5.97 Å². The molecule has 0 aliphatic heterocycles. The fraction of sp³-hybridized carbons (Fsp3) is 0.250. The van der Waals surface area contributed by atoms with E-state index in [1.165, 1.54) is 19.6 Å². The molecule has 1 aromatic rings. The molecule has 0 spiro atoms.